The average Bonchev–Trinajstić information content (AvgIpc) is 3.55. The predicted octanol–water partition coefficient (Wildman–Crippen LogP) is 4.42. The summed E-state index contributed by atoms with van der Waals surface area (Å²) in [6.45, 7) is 0.891. The van der Waals surface area contributed by atoms with Gasteiger partial charge >= 0.3 is 0 Å². The van der Waals surface area contributed by atoms with Crippen LogP contribution in [0.5, 0.6) is 11.5 Å². The number of nitrogens with one attached hydrogen (secondary N) is 1. The molecule has 2 aromatic carbocycles. The fourth-order valence-corrected chi connectivity index (χ4v) is 4.33. The van der Waals surface area contributed by atoms with Crippen molar-refractivity contribution in [2.75, 3.05) is 20.8 Å². The largest absolute Gasteiger partial charge is 0.493 e. The molecule has 1 aromatic heterocycles. The minimum atomic E-state index is 0.0179. The van der Waals surface area contributed by atoms with Gasteiger partial charge in [-0.25, -0.2) is 9.99 Å². The molecule has 0 radical (unpaired) electrons. The van der Waals surface area contributed by atoms with Crippen LogP contribution in [0.1, 0.15) is 36.8 Å². The van der Waals surface area contributed by atoms with E-state index in [2.05, 4.69) is 21.5 Å². The molecule has 1 aliphatic heterocycles. The van der Waals surface area contributed by atoms with E-state index < -0.39 is 0 Å². The Labute approximate surface area is 201 Å². The molecule has 1 fully saturated rings. The van der Waals surface area contributed by atoms with Crippen molar-refractivity contribution in [1.82, 2.24) is 20.0 Å². The standard InChI is InChI=1S/C27H32N4O3/c1-33-25-15-11-22(19-26(25)34-2)10-14-24-6-4-17-31(24)29-27(32)7-3-5-21-8-12-23(13-9-21)30-18-16-28-20-30/h3,5,8-9,11-13,15-16,18-20,24H,4,6-7,10,14,17H2,1-2H3,(H,29,32)/b5-3+. The normalized spacial score (nSPS) is 16.1. The third kappa shape index (κ3) is 6.05. The van der Waals surface area contributed by atoms with Crippen molar-refractivity contribution in [1.29, 1.82) is 0 Å². The van der Waals surface area contributed by atoms with Crippen LogP contribution in [0.25, 0.3) is 11.8 Å². The van der Waals surface area contributed by atoms with E-state index in [9.17, 15) is 4.79 Å². The summed E-state index contributed by atoms with van der Waals surface area (Å²) in [7, 11) is 3.30. The van der Waals surface area contributed by atoms with Gasteiger partial charge in [-0.1, -0.05) is 30.4 Å². The van der Waals surface area contributed by atoms with E-state index in [4.69, 9.17) is 9.47 Å². The van der Waals surface area contributed by atoms with Gasteiger partial charge in [0.1, 0.15) is 0 Å². The minimum absolute atomic E-state index is 0.0179. The van der Waals surface area contributed by atoms with Crippen molar-refractivity contribution in [3.05, 3.63) is 78.4 Å². The molecule has 4 rings (SSSR count). The lowest BCUT2D eigenvalue weighted by atomic mass is 10.0. The Morgan fingerprint density at radius 3 is 2.71 bits per heavy atom. The third-order valence-corrected chi connectivity index (χ3v) is 6.17. The fraction of sp³-hybridized carbons (Fsp3) is 0.333. The second-order valence-electron chi connectivity index (χ2n) is 8.42. The molecule has 3 aromatic rings. The van der Waals surface area contributed by atoms with Crippen LogP contribution in [-0.2, 0) is 11.2 Å². The highest BCUT2D eigenvalue weighted by atomic mass is 16.5. The number of hydrogen-bond donors (Lipinski definition) is 1. The molecule has 0 aliphatic carbocycles. The van der Waals surface area contributed by atoms with Gasteiger partial charge in [0.25, 0.3) is 0 Å². The summed E-state index contributed by atoms with van der Waals surface area (Å²) >= 11 is 0. The number of methoxy groups -OCH3 is 2. The van der Waals surface area contributed by atoms with Crippen LogP contribution in [0.2, 0.25) is 0 Å². The number of benzene rings is 2. The maximum Gasteiger partial charge on any atom is 0.238 e. The third-order valence-electron chi connectivity index (χ3n) is 6.17. The summed E-state index contributed by atoms with van der Waals surface area (Å²) in [6.07, 6.45) is 13.8. The molecule has 0 bridgehead atoms. The topological polar surface area (TPSA) is 68.6 Å². The van der Waals surface area contributed by atoms with Crippen molar-refractivity contribution in [3.8, 4) is 17.2 Å². The van der Waals surface area contributed by atoms with Gasteiger partial charge < -0.3 is 14.0 Å². The summed E-state index contributed by atoms with van der Waals surface area (Å²) in [4.78, 5) is 16.6. The molecule has 7 heteroatoms. The fourth-order valence-electron chi connectivity index (χ4n) is 4.33. The number of aryl methyl sites for hydroxylation is 1. The van der Waals surface area contributed by atoms with E-state index in [1.807, 2.05) is 59.3 Å². The van der Waals surface area contributed by atoms with E-state index in [-0.39, 0.29) is 5.91 Å². The Morgan fingerprint density at radius 2 is 1.97 bits per heavy atom. The quantitative estimate of drug-likeness (QED) is 0.485. The van der Waals surface area contributed by atoms with Crippen LogP contribution in [0.4, 0.5) is 0 Å². The molecule has 7 nitrogen and oxygen atoms in total. The average molecular weight is 461 g/mol. The van der Waals surface area contributed by atoms with Crippen LogP contribution in [0, 0.1) is 0 Å². The van der Waals surface area contributed by atoms with Crippen molar-refractivity contribution < 1.29 is 14.3 Å². The first-order valence-electron chi connectivity index (χ1n) is 11.7. The monoisotopic (exact) mass is 460 g/mol. The van der Waals surface area contributed by atoms with Crippen LogP contribution in [0.15, 0.2) is 67.3 Å². The van der Waals surface area contributed by atoms with Gasteiger partial charge in [-0.3, -0.25) is 10.2 Å². The van der Waals surface area contributed by atoms with Gasteiger partial charge in [-0.15, -0.1) is 0 Å². The molecule has 0 spiro atoms. The maximum atomic E-state index is 12.5. The number of hydrogen-bond acceptors (Lipinski definition) is 5. The van der Waals surface area contributed by atoms with Gasteiger partial charge in [0.05, 0.1) is 20.5 Å². The summed E-state index contributed by atoms with van der Waals surface area (Å²) in [5, 5.41) is 2.11. The van der Waals surface area contributed by atoms with Gasteiger partial charge in [0, 0.05) is 37.1 Å². The lowest BCUT2D eigenvalue weighted by molar-refractivity contribution is -0.125. The molecule has 1 N–H and O–H groups in total. The molecule has 0 saturated carbocycles. The van der Waals surface area contributed by atoms with Crippen molar-refractivity contribution in [2.24, 2.45) is 0 Å². The molecule has 1 saturated heterocycles. The molecule has 1 atom stereocenters. The Morgan fingerprint density at radius 1 is 1.15 bits per heavy atom. The molecule has 1 aliphatic rings. The zero-order valence-corrected chi connectivity index (χ0v) is 19.8. The predicted molar refractivity (Wildman–Crippen MR) is 133 cm³/mol. The van der Waals surface area contributed by atoms with Crippen molar-refractivity contribution in [2.45, 2.75) is 38.1 Å². The SMILES string of the molecule is COc1ccc(CCC2CCCN2NC(=O)C/C=C/c2ccc(-n3ccnc3)cc2)cc1OC. The molecule has 34 heavy (non-hydrogen) atoms. The second-order valence-corrected chi connectivity index (χ2v) is 8.42. The first kappa shape index (κ1) is 23.6. The number of amides is 1. The summed E-state index contributed by atoms with van der Waals surface area (Å²) in [5.41, 5.74) is 6.43. The van der Waals surface area contributed by atoms with E-state index in [0.29, 0.717) is 12.5 Å². The highest BCUT2D eigenvalue weighted by molar-refractivity contribution is 5.78. The number of imidazole rings is 1. The summed E-state index contributed by atoms with van der Waals surface area (Å²) in [6, 6.07) is 14.5. The molecule has 1 amide bonds. The lowest BCUT2D eigenvalue weighted by Crippen LogP contribution is -2.45. The van der Waals surface area contributed by atoms with Gasteiger partial charge in [-0.05, 0) is 61.1 Å². The number of nitrogens with zero attached hydrogens (tertiary/aromatic N) is 3. The van der Waals surface area contributed by atoms with Crippen LogP contribution in [-0.4, -0.2) is 47.3 Å². The number of hydrazine groups is 1. The number of aromatic nitrogens is 2. The Hall–Kier alpha value is -3.58. The van der Waals surface area contributed by atoms with E-state index >= 15 is 0 Å². The van der Waals surface area contributed by atoms with Gasteiger partial charge in [0.15, 0.2) is 11.5 Å². The maximum absolute atomic E-state index is 12.5. The first-order valence-corrected chi connectivity index (χ1v) is 11.7. The van der Waals surface area contributed by atoms with E-state index in [0.717, 1.165) is 55.0 Å². The van der Waals surface area contributed by atoms with E-state index in [1.165, 1.54) is 5.56 Å². The second kappa shape index (κ2) is 11.5. The van der Waals surface area contributed by atoms with Gasteiger partial charge in [0.2, 0.25) is 5.91 Å². The molecular weight excluding hydrogens is 428 g/mol. The Kier molecular flexibility index (Phi) is 7.99. The molecular formula is C27H32N4O3. The molecule has 2 heterocycles. The van der Waals surface area contributed by atoms with Gasteiger partial charge in [-0.2, -0.15) is 0 Å². The zero-order valence-electron chi connectivity index (χ0n) is 19.8. The number of ether oxygens (including phenoxy) is 2. The zero-order chi connectivity index (χ0) is 23.8. The minimum Gasteiger partial charge on any atom is -0.493 e. The van der Waals surface area contributed by atoms with Crippen molar-refractivity contribution in [3.63, 3.8) is 0 Å². The summed E-state index contributed by atoms with van der Waals surface area (Å²) in [5.74, 6) is 1.51. The highest BCUT2D eigenvalue weighted by Crippen LogP contribution is 2.29. The Bertz CT molecular complexity index is 1090. The number of carbonyl (C=O) groups is 1. The highest BCUT2D eigenvalue weighted by Gasteiger charge is 2.25. The number of carbonyl (C=O) groups excluding carboxylic acids is 1. The molecule has 1 unspecified atom stereocenters. The smallest absolute Gasteiger partial charge is 0.238 e. The first-order chi connectivity index (χ1) is 16.7. The van der Waals surface area contributed by atoms with Crippen molar-refractivity contribution >= 4 is 12.0 Å². The molecule has 178 valence electrons. The summed E-state index contributed by atoms with van der Waals surface area (Å²) < 4.78 is 12.7. The van der Waals surface area contributed by atoms with E-state index in [1.54, 1.807) is 26.7 Å². The number of rotatable bonds is 10. The lowest BCUT2D eigenvalue weighted by Gasteiger charge is -2.25. The van der Waals surface area contributed by atoms with Crippen LogP contribution >= 0.6 is 0 Å². The van der Waals surface area contributed by atoms with Crippen LogP contribution in [0.3, 0.4) is 0 Å². The van der Waals surface area contributed by atoms with Crippen LogP contribution < -0.4 is 14.9 Å². The Balaban J connectivity index is 1.24.